The van der Waals surface area contributed by atoms with Crippen molar-refractivity contribution in [2.24, 2.45) is 0 Å². The van der Waals surface area contributed by atoms with Gasteiger partial charge in [0.05, 0.1) is 15.7 Å². The third kappa shape index (κ3) is 2.92. The van der Waals surface area contributed by atoms with Gasteiger partial charge in [-0.1, -0.05) is 36.2 Å². The average Bonchev–Trinajstić information content (AvgIpc) is 2.91. The highest BCUT2D eigenvalue weighted by atomic mass is 35.5. The van der Waals surface area contributed by atoms with E-state index in [1.807, 2.05) is 36.6 Å². The first-order valence-electron chi connectivity index (χ1n) is 7.24. The number of carbonyl (C=O) groups excluding carboxylic acids is 1. The summed E-state index contributed by atoms with van der Waals surface area (Å²) >= 11 is 11.9. The van der Waals surface area contributed by atoms with E-state index in [-0.39, 0.29) is 5.91 Å². The van der Waals surface area contributed by atoms with Crippen LogP contribution in [0.5, 0.6) is 0 Å². The molecule has 1 N–H and O–H groups in total. The summed E-state index contributed by atoms with van der Waals surface area (Å²) in [5, 5.41) is 3.70. The normalized spacial score (nSPS) is 11.0. The molecule has 6 heteroatoms. The number of nitrogens with one attached hydrogen (secondary N) is 1. The van der Waals surface area contributed by atoms with E-state index >= 15 is 0 Å². The molecule has 0 fully saturated rings. The molecular formula is C17H15Cl2N3O. The summed E-state index contributed by atoms with van der Waals surface area (Å²) in [5.41, 5.74) is 3.71. The second-order valence-corrected chi connectivity index (χ2v) is 6.04. The molecule has 1 aromatic carbocycles. The Hall–Kier alpha value is -2.04. The molecule has 3 aromatic rings. The van der Waals surface area contributed by atoms with Gasteiger partial charge in [-0.05, 0) is 43.2 Å². The number of aromatic nitrogens is 2. The van der Waals surface area contributed by atoms with E-state index in [0.717, 1.165) is 16.9 Å². The number of imidazole rings is 1. The first-order chi connectivity index (χ1) is 11.0. The van der Waals surface area contributed by atoms with Crippen LogP contribution in [0.25, 0.3) is 5.65 Å². The number of pyridine rings is 1. The molecule has 3 rings (SSSR count). The molecule has 0 bridgehead atoms. The first-order valence-corrected chi connectivity index (χ1v) is 7.99. The van der Waals surface area contributed by atoms with Crippen LogP contribution in [0, 0.1) is 6.92 Å². The Labute approximate surface area is 144 Å². The van der Waals surface area contributed by atoms with E-state index in [1.54, 1.807) is 18.2 Å². The van der Waals surface area contributed by atoms with Crippen LogP contribution in [0.2, 0.25) is 10.0 Å². The predicted molar refractivity (Wildman–Crippen MR) is 93.7 cm³/mol. The lowest BCUT2D eigenvalue weighted by molar-refractivity contribution is 0.102. The third-order valence-corrected chi connectivity index (χ3v) is 4.38. The second-order valence-electron chi connectivity index (χ2n) is 5.23. The molecule has 4 nitrogen and oxygen atoms in total. The summed E-state index contributed by atoms with van der Waals surface area (Å²) in [6.07, 6.45) is 2.52. The number of halogens is 2. The number of amides is 1. The van der Waals surface area contributed by atoms with Gasteiger partial charge in [-0.2, -0.15) is 0 Å². The van der Waals surface area contributed by atoms with Crippen LogP contribution in [0.4, 0.5) is 5.69 Å². The van der Waals surface area contributed by atoms with Gasteiger partial charge in [0.2, 0.25) is 0 Å². The fraction of sp³-hybridized carbons (Fsp3) is 0.176. The molecular weight excluding hydrogens is 333 g/mol. The van der Waals surface area contributed by atoms with E-state index in [2.05, 4.69) is 10.3 Å². The molecule has 0 radical (unpaired) electrons. The third-order valence-electron chi connectivity index (χ3n) is 3.64. The SMILES string of the molecule is CCc1nc2c(C)cccn2c1C(=O)Nc1ccc(Cl)c(Cl)c1. The fourth-order valence-corrected chi connectivity index (χ4v) is 2.80. The minimum Gasteiger partial charge on any atom is -0.321 e. The first kappa shape index (κ1) is 15.8. The largest absolute Gasteiger partial charge is 0.321 e. The molecule has 2 aromatic heterocycles. The van der Waals surface area contributed by atoms with Crippen molar-refractivity contribution in [3.63, 3.8) is 0 Å². The highest BCUT2D eigenvalue weighted by Crippen LogP contribution is 2.26. The van der Waals surface area contributed by atoms with Crippen molar-refractivity contribution < 1.29 is 4.79 Å². The smallest absolute Gasteiger partial charge is 0.274 e. The standard InChI is InChI=1S/C17H15Cl2N3O/c1-3-14-15(22-8-4-5-10(2)16(22)21-14)17(23)20-11-6-7-12(18)13(19)9-11/h4-9H,3H2,1-2H3,(H,20,23). The maximum Gasteiger partial charge on any atom is 0.274 e. The van der Waals surface area contributed by atoms with Gasteiger partial charge in [0.15, 0.2) is 0 Å². The average molecular weight is 348 g/mol. The Bertz CT molecular complexity index is 902. The zero-order valence-corrected chi connectivity index (χ0v) is 14.2. The van der Waals surface area contributed by atoms with Crippen LogP contribution in [0.3, 0.4) is 0 Å². The molecule has 0 aliphatic rings. The van der Waals surface area contributed by atoms with Gasteiger partial charge >= 0.3 is 0 Å². The summed E-state index contributed by atoms with van der Waals surface area (Å²) in [5.74, 6) is -0.224. The van der Waals surface area contributed by atoms with Gasteiger partial charge in [-0.15, -0.1) is 0 Å². The molecule has 0 aliphatic heterocycles. The predicted octanol–water partition coefficient (Wildman–Crippen LogP) is 4.76. The maximum atomic E-state index is 12.7. The van der Waals surface area contributed by atoms with Crippen molar-refractivity contribution in [1.82, 2.24) is 9.38 Å². The molecule has 0 spiro atoms. The Kier molecular flexibility index (Phi) is 4.28. The Morgan fingerprint density at radius 2 is 2.04 bits per heavy atom. The molecule has 0 saturated heterocycles. The van der Waals surface area contributed by atoms with Gasteiger partial charge in [0, 0.05) is 11.9 Å². The summed E-state index contributed by atoms with van der Waals surface area (Å²) in [4.78, 5) is 17.3. The lowest BCUT2D eigenvalue weighted by Gasteiger charge is -2.08. The number of nitrogens with zero attached hydrogens (tertiary/aromatic N) is 2. The molecule has 118 valence electrons. The van der Waals surface area contributed by atoms with Crippen LogP contribution in [-0.4, -0.2) is 15.3 Å². The highest BCUT2D eigenvalue weighted by molar-refractivity contribution is 6.42. The van der Waals surface area contributed by atoms with Gasteiger partial charge in [-0.3, -0.25) is 9.20 Å². The summed E-state index contributed by atoms with van der Waals surface area (Å²) in [6.45, 7) is 3.95. The summed E-state index contributed by atoms with van der Waals surface area (Å²) in [6, 6.07) is 8.87. The number of aryl methyl sites for hydroxylation is 2. The molecule has 0 aliphatic carbocycles. The zero-order valence-electron chi connectivity index (χ0n) is 12.7. The second kappa shape index (κ2) is 6.22. The number of benzene rings is 1. The number of hydrogen-bond donors (Lipinski definition) is 1. The number of anilines is 1. The quantitative estimate of drug-likeness (QED) is 0.741. The Morgan fingerprint density at radius 1 is 1.26 bits per heavy atom. The Balaban J connectivity index is 2.03. The molecule has 1 amide bonds. The zero-order chi connectivity index (χ0) is 16.6. The van der Waals surface area contributed by atoms with Crippen LogP contribution < -0.4 is 5.32 Å². The molecule has 23 heavy (non-hydrogen) atoms. The molecule has 0 saturated carbocycles. The van der Waals surface area contributed by atoms with Gasteiger partial charge in [0.1, 0.15) is 11.3 Å². The van der Waals surface area contributed by atoms with Gasteiger partial charge < -0.3 is 5.32 Å². The lowest BCUT2D eigenvalue weighted by atomic mass is 10.2. The number of rotatable bonds is 3. The van der Waals surface area contributed by atoms with E-state index in [1.165, 1.54) is 0 Å². The maximum absolute atomic E-state index is 12.7. The highest BCUT2D eigenvalue weighted by Gasteiger charge is 2.19. The van der Waals surface area contributed by atoms with Crippen LogP contribution >= 0.6 is 23.2 Å². The van der Waals surface area contributed by atoms with Crippen molar-refractivity contribution in [3.8, 4) is 0 Å². The van der Waals surface area contributed by atoms with Crippen LogP contribution in [0.15, 0.2) is 36.5 Å². The topological polar surface area (TPSA) is 46.4 Å². The van der Waals surface area contributed by atoms with E-state index < -0.39 is 0 Å². The van der Waals surface area contributed by atoms with Crippen molar-refractivity contribution in [2.75, 3.05) is 5.32 Å². The van der Waals surface area contributed by atoms with E-state index in [9.17, 15) is 4.79 Å². The van der Waals surface area contributed by atoms with Crippen molar-refractivity contribution >= 4 is 40.4 Å². The van der Waals surface area contributed by atoms with E-state index in [0.29, 0.717) is 27.8 Å². The van der Waals surface area contributed by atoms with Gasteiger partial charge in [-0.25, -0.2) is 4.98 Å². The van der Waals surface area contributed by atoms with Crippen molar-refractivity contribution in [3.05, 3.63) is 63.5 Å². The summed E-state index contributed by atoms with van der Waals surface area (Å²) < 4.78 is 1.82. The summed E-state index contributed by atoms with van der Waals surface area (Å²) in [7, 11) is 0. The number of hydrogen-bond acceptors (Lipinski definition) is 2. The van der Waals surface area contributed by atoms with Crippen LogP contribution in [0.1, 0.15) is 28.7 Å². The fourth-order valence-electron chi connectivity index (χ4n) is 2.50. The number of carbonyl (C=O) groups is 1. The molecule has 2 heterocycles. The van der Waals surface area contributed by atoms with Gasteiger partial charge in [0.25, 0.3) is 5.91 Å². The van der Waals surface area contributed by atoms with E-state index in [4.69, 9.17) is 23.2 Å². The number of fused-ring (bicyclic) bond motifs is 1. The minimum absolute atomic E-state index is 0.224. The minimum atomic E-state index is -0.224. The molecule has 0 atom stereocenters. The Morgan fingerprint density at radius 3 is 2.74 bits per heavy atom. The lowest BCUT2D eigenvalue weighted by Crippen LogP contribution is -2.16. The van der Waals surface area contributed by atoms with Crippen molar-refractivity contribution in [2.45, 2.75) is 20.3 Å². The molecule has 0 unspecified atom stereocenters. The monoisotopic (exact) mass is 347 g/mol. The van der Waals surface area contributed by atoms with Crippen molar-refractivity contribution in [1.29, 1.82) is 0 Å². The van der Waals surface area contributed by atoms with Crippen LogP contribution in [-0.2, 0) is 6.42 Å².